The lowest BCUT2D eigenvalue weighted by atomic mass is 10.0. The Morgan fingerprint density at radius 3 is 1.85 bits per heavy atom. The average molecular weight is 286 g/mol. The minimum atomic E-state index is -1.19. The van der Waals surface area contributed by atoms with Crippen molar-refractivity contribution in [3.8, 4) is 0 Å². The Labute approximate surface area is 122 Å². The van der Waals surface area contributed by atoms with E-state index >= 15 is 0 Å². The molecule has 5 nitrogen and oxygen atoms in total. The van der Waals surface area contributed by atoms with Gasteiger partial charge >= 0.3 is 12.0 Å². The van der Waals surface area contributed by atoms with Gasteiger partial charge < -0.3 is 14.9 Å². The zero-order chi connectivity index (χ0) is 15.9. The first-order chi connectivity index (χ1) is 9.25. The Morgan fingerprint density at radius 1 is 1.05 bits per heavy atom. The largest absolute Gasteiger partial charge is 0.480 e. The molecule has 118 valence electrons. The van der Waals surface area contributed by atoms with E-state index < -0.39 is 11.5 Å². The van der Waals surface area contributed by atoms with E-state index in [1.54, 1.807) is 18.7 Å². The molecule has 0 aliphatic rings. The van der Waals surface area contributed by atoms with Gasteiger partial charge in [-0.25, -0.2) is 9.59 Å². The Morgan fingerprint density at radius 2 is 1.55 bits per heavy atom. The maximum atomic E-state index is 12.6. The lowest BCUT2D eigenvalue weighted by Crippen LogP contribution is -2.57. The molecule has 0 heterocycles. The zero-order valence-electron chi connectivity index (χ0n) is 13.8. The number of carboxylic acid groups (broad SMARTS) is 1. The van der Waals surface area contributed by atoms with Gasteiger partial charge in [0, 0.05) is 19.6 Å². The summed E-state index contributed by atoms with van der Waals surface area (Å²) in [7, 11) is 0. The monoisotopic (exact) mass is 286 g/mol. The highest BCUT2D eigenvalue weighted by molar-refractivity contribution is 5.85. The molecule has 2 amide bonds. The fourth-order valence-corrected chi connectivity index (χ4v) is 2.26. The summed E-state index contributed by atoms with van der Waals surface area (Å²) in [6.07, 6.45) is 2.05. The highest BCUT2D eigenvalue weighted by Crippen LogP contribution is 2.19. The summed E-state index contributed by atoms with van der Waals surface area (Å²) >= 11 is 0. The fourth-order valence-electron chi connectivity index (χ4n) is 2.26. The van der Waals surface area contributed by atoms with Gasteiger partial charge in [0.05, 0.1) is 0 Å². The van der Waals surface area contributed by atoms with Crippen molar-refractivity contribution in [2.24, 2.45) is 5.92 Å². The van der Waals surface area contributed by atoms with E-state index in [0.717, 1.165) is 12.8 Å². The quantitative estimate of drug-likeness (QED) is 0.746. The molecule has 0 aliphatic carbocycles. The highest BCUT2D eigenvalue weighted by atomic mass is 16.4. The Hall–Kier alpha value is -1.26. The van der Waals surface area contributed by atoms with Gasteiger partial charge in [-0.05, 0) is 33.6 Å². The second-order valence-corrected chi connectivity index (χ2v) is 5.61. The van der Waals surface area contributed by atoms with Crippen molar-refractivity contribution < 1.29 is 14.7 Å². The van der Waals surface area contributed by atoms with Gasteiger partial charge in [-0.1, -0.05) is 26.7 Å². The van der Waals surface area contributed by atoms with Crippen LogP contribution in [0.25, 0.3) is 0 Å². The van der Waals surface area contributed by atoms with E-state index in [9.17, 15) is 14.7 Å². The van der Waals surface area contributed by atoms with Crippen molar-refractivity contribution in [1.29, 1.82) is 0 Å². The van der Waals surface area contributed by atoms with E-state index in [4.69, 9.17) is 0 Å². The van der Waals surface area contributed by atoms with Crippen LogP contribution in [0.3, 0.4) is 0 Å². The predicted molar refractivity (Wildman–Crippen MR) is 80.8 cm³/mol. The van der Waals surface area contributed by atoms with Crippen LogP contribution in [-0.4, -0.2) is 52.1 Å². The van der Waals surface area contributed by atoms with Gasteiger partial charge in [-0.3, -0.25) is 0 Å². The molecule has 0 aromatic heterocycles. The van der Waals surface area contributed by atoms with E-state index in [1.807, 2.05) is 13.8 Å². The number of nitrogens with zero attached hydrogens (tertiary/aromatic N) is 2. The number of aliphatic carboxylic acids is 1. The molecule has 0 bridgehead atoms. The fraction of sp³-hybridized carbons (Fsp3) is 0.867. The molecule has 0 atom stereocenters. The molecule has 0 rings (SSSR count). The SMILES string of the molecule is CCC(CC)CN(CC)C(=O)N(CC)C(C)(C)C(=O)O. The second-order valence-electron chi connectivity index (χ2n) is 5.61. The molecule has 0 spiro atoms. The van der Waals surface area contributed by atoms with Crippen LogP contribution >= 0.6 is 0 Å². The van der Waals surface area contributed by atoms with Gasteiger partial charge in [0.1, 0.15) is 5.54 Å². The summed E-state index contributed by atoms with van der Waals surface area (Å²) in [6.45, 7) is 12.8. The summed E-state index contributed by atoms with van der Waals surface area (Å²) in [6, 6.07) is -0.186. The molecule has 0 aromatic rings. The molecule has 0 fully saturated rings. The van der Waals surface area contributed by atoms with Crippen molar-refractivity contribution in [2.75, 3.05) is 19.6 Å². The molecule has 0 saturated heterocycles. The Bertz CT molecular complexity index is 325. The number of amides is 2. The van der Waals surface area contributed by atoms with Crippen LogP contribution in [0.2, 0.25) is 0 Å². The minimum Gasteiger partial charge on any atom is -0.480 e. The standard InChI is InChI=1S/C15H30N2O3/c1-7-12(8-2)11-16(9-3)14(20)17(10-4)15(5,6)13(18)19/h12H,7-11H2,1-6H3,(H,18,19). The normalized spacial score (nSPS) is 11.6. The number of carbonyl (C=O) groups is 2. The number of hydrogen-bond donors (Lipinski definition) is 1. The van der Waals surface area contributed by atoms with Gasteiger partial charge in [-0.2, -0.15) is 0 Å². The van der Waals surface area contributed by atoms with Crippen molar-refractivity contribution in [2.45, 2.75) is 59.9 Å². The summed E-state index contributed by atoms with van der Waals surface area (Å²) in [5.41, 5.74) is -1.19. The third-order valence-electron chi connectivity index (χ3n) is 4.03. The molecule has 1 N–H and O–H groups in total. The van der Waals surface area contributed by atoms with E-state index in [0.29, 0.717) is 25.6 Å². The van der Waals surface area contributed by atoms with Crippen LogP contribution < -0.4 is 0 Å². The Kier molecular flexibility index (Phi) is 7.61. The summed E-state index contributed by atoms with van der Waals surface area (Å²) < 4.78 is 0. The van der Waals surface area contributed by atoms with Gasteiger partial charge in [0.15, 0.2) is 0 Å². The molecule has 5 heteroatoms. The number of urea groups is 1. The van der Waals surface area contributed by atoms with Crippen LogP contribution in [0.5, 0.6) is 0 Å². The van der Waals surface area contributed by atoms with Crippen molar-refractivity contribution in [1.82, 2.24) is 9.80 Å². The van der Waals surface area contributed by atoms with E-state index in [1.165, 1.54) is 4.90 Å². The zero-order valence-corrected chi connectivity index (χ0v) is 13.8. The molecule has 0 aromatic carbocycles. The first-order valence-corrected chi connectivity index (χ1v) is 7.55. The molecular formula is C15H30N2O3. The summed E-state index contributed by atoms with van der Waals surface area (Å²) in [4.78, 5) is 27.2. The number of carbonyl (C=O) groups excluding carboxylic acids is 1. The van der Waals surface area contributed by atoms with Crippen LogP contribution in [-0.2, 0) is 4.79 Å². The molecule has 20 heavy (non-hydrogen) atoms. The lowest BCUT2D eigenvalue weighted by molar-refractivity contribution is -0.147. The summed E-state index contributed by atoms with van der Waals surface area (Å²) in [5.74, 6) is -0.517. The van der Waals surface area contributed by atoms with Crippen LogP contribution in [0, 0.1) is 5.92 Å². The molecular weight excluding hydrogens is 256 g/mol. The number of carboxylic acids is 1. The van der Waals surface area contributed by atoms with Gasteiger partial charge in [0.2, 0.25) is 0 Å². The molecule has 0 saturated carbocycles. The number of rotatable bonds is 8. The van der Waals surface area contributed by atoms with Gasteiger partial charge in [-0.15, -0.1) is 0 Å². The topological polar surface area (TPSA) is 60.9 Å². The smallest absolute Gasteiger partial charge is 0.329 e. The first-order valence-electron chi connectivity index (χ1n) is 7.55. The first kappa shape index (κ1) is 18.7. The van der Waals surface area contributed by atoms with Crippen molar-refractivity contribution in [3.05, 3.63) is 0 Å². The third kappa shape index (κ3) is 4.39. The number of hydrogen-bond acceptors (Lipinski definition) is 2. The van der Waals surface area contributed by atoms with Crippen LogP contribution in [0.4, 0.5) is 4.79 Å². The maximum absolute atomic E-state index is 12.6. The molecule has 0 radical (unpaired) electrons. The number of likely N-dealkylation sites (N-methyl/N-ethyl adjacent to an activating group) is 1. The van der Waals surface area contributed by atoms with E-state index in [2.05, 4.69) is 13.8 Å². The highest BCUT2D eigenvalue weighted by Gasteiger charge is 2.38. The molecule has 0 aliphatic heterocycles. The van der Waals surface area contributed by atoms with E-state index in [-0.39, 0.29) is 6.03 Å². The third-order valence-corrected chi connectivity index (χ3v) is 4.03. The van der Waals surface area contributed by atoms with Gasteiger partial charge in [0.25, 0.3) is 0 Å². The minimum absolute atomic E-state index is 0.186. The lowest BCUT2D eigenvalue weighted by Gasteiger charge is -2.38. The predicted octanol–water partition coefficient (Wildman–Crippen LogP) is 3.05. The van der Waals surface area contributed by atoms with Crippen LogP contribution in [0.15, 0.2) is 0 Å². The van der Waals surface area contributed by atoms with Crippen molar-refractivity contribution >= 4 is 12.0 Å². The Balaban J connectivity index is 5.09. The maximum Gasteiger partial charge on any atom is 0.329 e. The summed E-state index contributed by atoms with van der Waals surface area (Å²) in [5, 5.41) is 9.31. The molecule has 0 unspecified atom stereocenters. The average Bonchev–Trinajstić information content (AvgIpc) is 2.40. The second kappa shape index (κ2) is 8.12. The van der Waals surface area contributed by atoms with Crippen LogP contribution in [0.1, 0.15) is 54.4 Å². The van der Waals surface area contributed by atoms with Crippen molar-refractivity contribution in [3.63, 3.8) is 0 Å².